The predicted molar refractivity (Wildman–Crippen MR) is 112 cm³/mol. The van der Waals surface area contributed by atoms with E-state index in [4.69, 9.17) is 0 Å². The number of hydrogen-bond donors (Lipinski definition) is 0. The monoisotopic (exact) mass is 334 g/mol. The molecule has 0 aromatic rings. The fourth-order valence-corrected chi connectivity index (χ4v) is 3.57. The minimum absolute atomic E-state index is 0.993. The van der Waals surface area contributed by atoms with Crippen LogP contribution in [-0.2, 0) is 0 Å². The van der Waals surface area contributed by atoms with Crippen LogP contribution in [0.2, 0.25) is 0 Å². The number of hydrogen-bond acceptors (Lipinski definition) is 0. The maximum absolute atomic E-state index is 3.91. The van der Waals surface area contributed by atoms with Crippen molar-refractivity contribution in [2.24, 2.45) is 5.92 Å². The van der Waals surface area contributed by atoms with E-state index >= 15 is 0 Å². The standard InChI is InChI=1S/C24H46/c1-4-7-9-11-13-14-15-17-19-21-23-24(6-3)22-20-18-16-12-10-8-5-2/h5,8,24H,1-2,4,6-7,9-23H2,3H3/b8-5+. The highest BCUT2D eigenvalue weighted by Gasteiger charge is 2.05. The first-order valence-electron chi connectivity index (χ1n) is 11.1. The van der Waals surface area contributed by atoms with Gasteiger partial charge in [-0.1, -0.05) is 129 Å². The third-order valence-corrected chi connectivity index (χ3v) is 5.34. The zero-order valence-corrected chi connectivity index (χ0v) is 16.9. The molecule has 0 aliphatic rings. The van der Waals surface area contributed by atoms with Gasteiger partial charge >= 0.3 is 0 Å². The average molecular weight is 335 g/mol. The van der Waals surface area contributed by atoms with Crippen molar-refractivity contribution in [2.75, 3.05) is 0 Å². The van der Waals surface area contributed by atoms with Crippen molar-refractivity contribution in [3.05, 3.63) is 26.0 Å². The first-order chi connectivity index (χ1) is 11.8. The van der Waals surface area contributed by atoms with Crippen LogP contribution >= 0.6 is 0 Å². The number of unbranched alkanes of at least 4 members (excludes halogenated alkanes) is 13. The van der Waals surface area contributed by atoms with Gasteiger partial charge in [0, 0.05) is 0 Å². The molecule has 0 heterocycles. The summed E-state index contributed by atoms with van der Waals surface area (Å²) in [5.74, 6) is 0.993. The van der Waals surface area contributed by atoms with Crippen LogP contribution in [0.5, 0.6) is 0 Å². The summed E-state index contributed by atoms with van der Waals surface area (Å²) in [6, 6.07) is 0. The summed E-state index contributed by atoms with van der Waals surface area (Å²) in [4.78, 5) is 0. The second-order valence-electron chi connectivity index (χ2n) is 7.56. The smallest absolute Gasteiger partial charge is 0.0316 e. The molecular formula is C24H46. The van der Waals surface area contributed by atoms with E-state index < -0.39 is 0 Å². The van der Waals surface area contributed by atoms with Crippen molar-refractivity contribution < 1.29 is 0 Å². The van der Waals surface area contributed by atoms with E-state index in [1.807, 2.05) is 6.08 Å². The van der Waals surface area contributed by atoms with Crippen molar-refractivity contribution in [3.8, 4) is 0 Å². The second-order valence-corrected chi connectivity index (χ2v) is 7.56. The number of allylic oxidation sites excluding steroid dienone is 2. The summed E-state index contributed by atoms with van der Waals surface area (Å²) in [5.41, 5.74) is 0. The van der Waals surface area contributed by atoms with Crippen molar-refractivity contribution in [1.82, 2.24) is 0 Å². The molecule has 24 heavy (non-hydrogen) atoms. The molecule has 1 unspecified atom stereocenters. The Labute approximate surface area is 154 Å². The molecule has 2 radical (unpaired) electrons. The highest BCUT2D eigenvalue weighted by atomic mass is 14.1. The Balaban J connectivity index is 3.30. The molecule has 0 aliphatic carbocycles. The van der Waals surface area contributed by atoms with Crippen LogP contribution in [0.15, 0.2) is 12.2 Å². The van der Waals surface area contributed by atoms with Crippen LogP contribution in [0.25, 0.3) is 0 Å². The lowest BCUT2D eigenvalue weighted by Gasteiger charge is -2.14. The molecule has 0 bridgehead atoms. The summed E-state index contributed by atoms with van der Waals surface area (Å²) in [7, 11) is 0. The van der Waals surface area contributed by atoms with Crippen LogP contribution < -0.4 is 0 Å². The maximum Gasteiger partial charge on any atom is -0.0316 e. The summed E-state index contributed by atoms with van der Waals surface area (Å²) in [5, 5.41) is 0. The molecule has 1 atom stereocenters. The van der Waals surface area contributed by atoms with Crippen LogP contribution in [0.4, 0.5) is 0 Å². The van der Waals surface area contributed by atoms with Crippen molar-refractivity contribution in [2.45, 2.75) is 122 Å². The van der Waals surface area contributed by atoms with Gasteiger partial charge in [0.1, 0.15) is 0 Å². The Morgan fingerprint density at radius 1 is 0.667 bits per heavy atom. The molecule has 0 saturated carbocycles. The summed E-state index contributed by atoms with van der Waals surface area (Å²) in [6.45, 7) is 10.0. The maximum atomic E-state index is 3.91. The molecule has 0 N–H and O–H groups in total. The lowest BCUT2D eigenvalue weighted by molar-refractivity contribution is 0.393. The van der Waals surface area contributed by atoms with Gasteiger partial charge in [0.05, 0.1) is 0 Å². The molecule has 0 aromatic heterocycles. The highest BCUT2D eigenvalue weighted by Crippen LogP contribution is 2.21. The minimum Gasteiger partial charge on any atom is -0.0885 e. The fraction of sp³-hybridized carbons (Fsp3) is 0.833. The lowest BCUT2D eigenvalue weighted by Crippen LogP contribution is -1.99. The zero-order chi connectivity index (χ0) is 17.7. The van der Waals surface area contributed by atoms with Crippen LogP contribution in [0.1, 0.15) is 122 Å². The van der Waals surface area contributed by atoms with E-state index in [1.165, 1.54) is 109 Å². The SMILES string of the molecule is [CH2]/C=C/CCCCCCC(CC)CCCCCCCCCCC[CH2]. The molecule has 0 aromatic carbocycles. The summed E-state index contributed by atoms with van der Waals surface area (Å²) in [6.07, 6.45) is 29.3. The Morgan fingerprint density at radius 2 is 1.12 bits per heavy atom. The molecular weight excluding hydrogens is 288 g/mol. The topological polar surface area (TPSA) is 0 Å². The molecule has 0 saturated heterocycles. The minimum atomic E-state index is 0.993. The van der Waals surface area contributed by atoms with Crippen LogP contribution in [0, 0.1) is 19.8 Å². The van der Waals surface area contributed by atoms with Crippen molar-refractivity contribution in [3.63, 3.8) is 0 Å². The van der Waals surface area contributed by atoms with Gasteiger partial charge in [0.25, 0.3) is 0 Å². The first kappa shape index (κ1) is 23.7. The average Bonchev–Trinajstić information content (AvgIpc) is 2.60. The summed E-state index contributed by atoms with van der Waals surface area (Å²) >= 11 is 0. The Hall–Kier alpha value is -0.260. The van der Waals surface area contributed by atoms with Gasteiger partial charge in [-0.2, -0.15) is 0 Å². The van der Waals surface area contributed by atoms with E-state index in [0.29, 0.717) is 0 Å². The van der Waals surface area contributed by atoms with Crippen LogP contribution in [-0.4, -0.2) is 0 Å². The van der Waals surface area contributed by atoms with Crippen molar-refractivity contribution >= 4 is 0 Å². The predicted octanol–water partition coefficient (Wildman–Crippen LogP) is 8.87. The van der Waals surface area contributed by atoms with Gasteiger partial charge in [-0.05, 0) is 25.7 Å². The highest BCUT2D eigenvalue weighted by molar-refractivity contribution is 4.83. The summed E-state index contributed by atoms with van der Waals surface area (Å²) < 4.78 is 0. The van der Waals surface area contributed by atoms with E-state index in [-0.39, 0.29) is 0 Å². The Morgan fingerprint density at radius 3 is 1.58 bits per heavy atom. The van der Waals surface area contributed by atoms with Gasteiger partial charge in [-0.15, -0.1) is 0 Å². The lowest BCUT2D eigenvalue weighted by atomic mass is 9.92. The largest absolute Gasteiger partial charge is 0.0885 e. The van der Waals surface area contributed by atoms with Crippen molar-refractivity contribution in [1.29, 1.82) is 0 Å². The molecule has 0 spiro atoms. The molecule has 0 fully saturated rings. The third-order valence-electron chi connectivity index (χ3n) is 5.34. The molecule has 0 nitrogen and oxygen atoms in total. The van der Waals surface area contributed by atoms with Gasteiger partial charge in [0.15, 0.2) is 0 Å². The van der Waals surface area contributed by atoms with Gasteiger partial charge < -0.3 is 0 Å². The molecule has 0 rings (SSSR count). The molecule has 0 heteroatoms. The second kappa shape index (κ2) is 20.8. The van der Waals surface area contributed by atoms with E-state index in [1.54, 1.807) is 0 Å². The Bertz CT molecular complexity index is 240. The van der Waals surface area contributed by atoms with E-state index in [2.05, 4.69) is 26.8 Å². The quantitative estimate of drug-likeness (QED) is 0.207. The first-order valence-corrected chi connectivity index (χ1v) is 11.1. The Kier molecular flexibility index (Phi) is 20.6. The van der Waals surface area contributed by atoms with Crippen LogP contribution in [0.3, 0.4) is 0 Å². The molecule has 0 amide bonds. The van der Waals surface area contributed by atoms with E-state index in [0.717, 1.165) is 12.3 Å². The molecule has 0 aliphatic heterocycles. The normalized spacial score (nSPS) is 13.0. The third kappa shape index (κ3) is 18.1. The van der Waals surface area contributed by atoms with Gasteiger partial charge in [0.2, 0.25) is 0 Å². The van der Waals surface area contributed by atoms with Gasteiger partial charge in [-0.25, -0.2) is 0 Å². The molecule has 142 valence electrons. The van der Waals surface area contributed by atoms with Gasteiger partial charge in [-0.3, -0.25) is 0 Å². The zero-order valence-electron chi connectivity index (χ0n) is 16.9. The fourth-order valence-electron chi connectivity index (χ4n) is 3.57. The van der Waals surface area contributed by atoms with E-state index in [9.17, 15) is 0 Å². The number of rotatable bonds is 19.